The van der Waals surface area contributed by atoms with Crippen LogP contribution in [0.1, 0.15) is 11.4 Å². The smallest absolute Gasteiger partial charge is 0.253 e. The van der Waals surface area contributed by atoms with E-state index in [1.165, 1.54) is 0 Å². The molecule has 2 aromatic rings. The van der Waals surface area contributed by atoms with E-state index in [0.29, 0.717) is 5.95 Å². The van der Waals surface area contributed by atoms with Crippen molar-refractivity contribution in [3.8, 4) is 0 Å². The minimum absolute atomic E-state index is 0.270. The van der Waals surface area contributed by atoms with Crippen LogP contribution in [0.5, 0.6) is 0 Å². The molecule has 1 heterocycles. The number of aliphatic imine (C=N–C) groups is 1. The lowest BCUT2D eigenvalue weighted by Crippen LogP contribution is -2.22. The van der Waals surface area contributed by atoms with Crippen molar-refractivity contribution in [2.45, 2.75) is 13.8 Å². The Kier molecular flexibility index (Phi) is 4.31. The first kappa shape index (κ1) is 13.7. The van der Waals surface area contributed by atoms with Crippen molar-refractivity contribution in [2.75, 3.05) is 5.32 Å². The maximum absolute atomic E-state index is 5.83. The van der Waals surface area contributed by atoms with E-state index in [4.69, 9.17) is 5.73 Å². The summed E-state index contributed by atoms with van der Waals surface area (Å²) in [4.78, 5) is 12.6. The molecule has 1 aromatic heterocycles. The van der Waals surface area contributed by atoms with Crippen LogP contribution in [-0.4, -0.2) is 15.9 Å². The molecule has 0 unspecified atom stereocenters. The van der Waals surface area contributed by atoms with Crippen molar-refractivity contribution in [1.29, 1.82) is 0 Å². The summed E-state index contributed by atoms with van der Waals surface area (Å²) in [6, 6.07) is 9.74. The first-order valence-corrected chi connectivity index (χ1v) is 6.80. The van der Waals surface area contributed by atoms with Crippen LogP contribution in [0.2, 0.25) is 0 Å². The Balaban J connectivity index is 2.16. The van der Waals surface area contributed by atoms with Crippen LogP contribution in [0, 0.1) is 17.4 Å². The Labute approximate surface area is 125 Å². The van der Waals surface area contributed by atoms with Gasteiger partial charge < -0.3 is 11.1 Å². The summed E-state index contributed by atoms with van der Waals surface area (Å²) in [7, 11) is 0. The average Bonchev–Trinajstić information content (AvgIpc) is 2.30. The van der Waals surface area contributed by atoms with Crippen molar-refractivity contribution in [3.05, 3.63) is 45.3 Å². The van der Waals surface area contributed by atoms with Crippen LogP contribution in [0.25, 0.3) is 0 Å². The summed E-state index contributed by atoms with van der Waals surface area (Å²) in [5.74, 6) is 0.638. The zero-order chi connectivity index (χ0) is 13.8. The number of nitrogens with two attached hydrogens (primary N) is 1. The third-order valence-corrected chi connectivity index (χ3v) is 3.03. The maximum atomic E-state index is 5.83. The van der Waals surface area contributed by atoms with Gasteiger partial charge in [-0.1, -0.05) is 0 Å². The molecule has 6 heteroatoms. The number of nitrogens with zero attached hydrogens (tertiary/aromatic N) is 3. The lowest BCUT2D eigenvalue weighted by atomic mass is 10.3. The van der Waals surface area contributed by atoms with Gasteiger partial charge >= 0.3 is 0 Å². The Bertz CT molecular complexity index is 587. The van der Waals surface area contributed by atoms with Crippen LogP contribution in [-0.2, 0) is 0 Å². The van der Waals surface area contributed by atoms with Crippen LogP contribution >= 0.6 is 22.6 Å². The van der Waals surface area contributed by atoms with Gasteiger partial charge in [-0.25, -0.2) is 9.97 Å². The summed E-state index contributed by atoms with van der Waals surface area (Å²) in [6.45, 7) is 3.80. The highest BCUT2D eigenvalue weighted by atomic mass is 127. The number of aromatic nitrogens is 2. The van der Waals surface area contributed by atoms with Crippen LogP contribution in [0.15, 0.2) is 35.3 Å². The molecule has 5 nitrogen and oxygen atoms in total. The van der Waals surface area contributed by atoms with Gasteiger partial charge in [-0.15, -0.1) is 0 Å². The van der Waals surface area contributed by atoms with Gasteiger partial charge in [0.1, 0.15) is 0 Å². The van der Waals surface area contributed by atoms with Gasteiger partial charge in [0.2, 0.25) is 5.96 Å². The Morgan fingerprint density at radius 2 is 1.74 bits per heavy atom. The maximum Gasteiger partial charge on any atom is 0.253 e. The van der Waals surface area contributed by atoms with E-state index in [1.807, 2.05) is 44.2 Å². The van der Waals surface area contributed by atoms with Gasteiger partial charge in [0.15, 0.2) is 0 Å². The second-order valence-corrected chi connectivity index (χ2v) is 5.33. The molecule has 0 saturated carbocycles. The summed E-state index contributed by atoms with van der Waals surface area (Å²) in [5, 5.41) is 3.00. The number of nitrogens with one attached hydrogen (secondary N) is 1. The normalized spacial score (nSPS) is 11.4. The quantitative estimate of drug-likeness (QED) is 0.486. The summed E-state index contributed by atoms with van der Waals surface area (Å²) >= 11 is 2.25. The third kappa shape index (κ3) is 4.16. The fourth-order valence-electron chi connectivity index (χ4n) is 1.57. The molecular formula is C13H14IN5. The number of rotatable bonds is 2. The topological polar surface area (TPSA) is 76.2 Å². The lowest BCUT2D eigenvalue weighted by molar-refractivity contribution is 1.04. The first-order chi connectivity index (χ1) is 9.02. The van der Waals surface area contributed by atoms with Gasteiger partial charge in [-0.2, -0.15) is 4.99 Å². The SMILES string of the molecule is Cc1cc(C)nc(N=C(N)Nc2ccc(I)cc2)n1. The Morgan fingerprint density at radius 3 is 2.32 bits per heavy atom. The van der Waals surface area contributed by atoms with Crippen LogP contribution < -0.4 is 11.1 Å². The predicted octanol–water partition coefficient (Wildman–Crippen LogP) is 2.76. The van der Waals surface area contributed by atoms with Crippen molar-refractivity contribution in [3.63, 3.8) is 0 Å². The fourth-order valence-corrected chi connectivity index (χ4v) is 1.93. The van der Waals surface area contributed by atoms with Gasteiger partial charge in [-0.3, -0.25) is 0 Å². The zero-order valence-electron chi connectivity index (χ0n) is 10.7. The monoisotopic (exact) mass is 367 g/mol. The minimum atomic E-state index is 0.270. The van der Waals surface area contributed by atoms with Crippen molar-refractivity contribution in [1.82, 2.24) is 9.97 Å². The highest BCUT2D eigenvalue weighted by molar-refractivity contribution is 14.1. The molecule has 2 rings (SSSR count). The van der Waals surface area contributed by atoms with Gasteiger partial charge in [0.05, 0.1) is 0 Å². The summed E-state index contributed by atoms with van der Waals surface area (Å²) < 4.78 is 1.16. The summed E-state index contributed by atoms with van der Waals surface area (Å²) in [6.07, 6.45) is 0. The minimum Gasteiger partial charge on any atom is -0.369 e. The van der Waals surface area contributed by atoms with Gasteiger partial charge in [0.25, 0.3) is 5.95 Å². The Morgan fingerprint density at radius 1 is 1.16 bits per heavy atom. The summed E-state index contributed by atoms with van der Waals surface area (Å²) in [5.41, 5.74) is 8.45. The van der Waals surface area contributed by atoms with E-state index in [0.717, 1.165) is 20.6 Å². The highest BCUT2D eigenvalue weighted by Gasteiger charge is 2.00. The number of hydrogen-bond acceptors (Lipinski definition) is 3. The third-order valence-electron chi connectivity index (χ3n) is 2.31. The lowest BCUT2D eigenvalue weighted by Gasteiger charge is -2.05. The predicted molar refractivity (Wildman–Crippen MR) is 85.6 cm³/mol. The standard InChI is InChI=1S/C13H14IN5/c1-8-7-9(2)17-13(16-8)19-12(15)18-11-5-3-10(14)4-6-11/h3-7H,1-2H3,(H3,15,16,17,18,19). The molecule has 0 aliphatic heterocycles. The van der Waals surface area contributed by atoms with Crippen LogP contribution in [0.4, 0.5) is 11.6 Å². The van der Waals surface area contributed by atoms with Gasteiger partial charge in [0, 0.05) is 20.6 Å². The molecule has 0 amide bonds. The Hall–Kier alpha value is -1.70. The van der Waals surface area contributed by atoms with E-state index in [1.54, 1.807) is 0 Å². The number of hydrogen-bond donors (Lipinski definition) is 2. The molecule has 0 radical (unpaired) electrons. The largest absolute Gasteiger partial charge is 0.369 e. The molecule has 0 fully saturated rings. The van der Waals surface area contributed by atoms with Crippen molar-refractivity contribution in [2.24, 2.45) is 10.7 Å². The molecule has 1 aromatic carbocycles. The molecule has 98 valence electrons. The van der Waals surface area contributed by atoms with E-state index >= 15 is 0 Å². The first-order valence-electron chi connectivity index (χ1n) is 5.72. The number of guanidine groups is 1. The van der Waals surface area contributed by atoms with Gasteiger partial charge in [-0.05, 0) is 66.8 Å². The molecule has 0 aliphatic carbocycles. The molecule has 0 aliphatic rings. The van der Waals surface area contributed by atoms with E-state index in [2.05, 4.69) is 42.9 Å². The second-order valence-electron chi connectivity index (χ2n) is 4.08. The number of halogens is 1. The van der Waals surface area contributed by atoms with E-state index in [-0.39, 0.29) is 5.96 Å². The molecule has 3 N–H and O–H groups in total. The molecule has 0 bridgehead atoms. The van der Waals surface area contributed by atoms with Crippen molar-refractivity contribution >= 4 is 40.2 Å². The molecule has 0 atom stereocenters. The number of benzene rings is 1. The molecule has 0 spiro atoms. The molecule has 0 saturated heterocycles. The van der Waals surface area contributed by atoms with E-state index < -0.39 is 0 Å². The molecule has 19 heavy (non-hydrogen) atoms. The second kappa shape index (κ2) is 5.96. The van der Waals surface area contributed by atoms with E-state index in [9.17, 15) is 0 Å². The zero-order valence-corrected chi connectivity index (χ0v) is 12.8. The average molecular weight is 367 g/mol. The number of aryl methyl sites for hydroxylation is 2. The molecular weight excluding hydrogens is 353 g/mol. The highest BCUT2D eigenvalue weighted by Crippen LogP contribution is 2.12. The van der Waals surface area contributed by atoms with Crippen LogP contribution in [0.3, 0.4) is 0 Å². The number of anilines is 1. The van der Waals surface area contributed by atoms with Crippen molar-refractivity contribution < 1.29 is 0 Å². The fraction of sp³-hybridized carbons (Fsp3) is 0.154.